The summed E-state index contributed by atoms with van der Waals surface area (Å²) in [7, 11) is 1.62. The van der Waals surface area contributed by atoms with Gasteiger partial charge < -0.3 is 9.47 Å². The summed E-state index contributed by atoms with van der Waals surface area (Å²) in [5.41, 5.74) is 2.36. The fraction of sp³-hybridized carbons (Fsp3) is 0.417. The lowest BCUT2D eigenvalue weighted by Gasteiger charge is -2.24. The third kappa shape index (κ3) is 4.35. The highest BCUT2D eigenvalue weighted by Gasteiger charge is 2.34. The minimum Gasteiger partial charge on any atom is -0.497 e. The van der Waals surface area contributed by atoms with Crippen molar-refractivity contribution in [2.45, 2.75) is 31.6 Å². The first-order valence-corrected chi connectivity index (χ1v) is 10.3. The molecule has 1 fully saturated rings. The minimum atomic E-state index is -0.730. The third-order valence-electron chi connectivity index (χ3n) is 5.90. The van der Waals surface area contributed by atoms with E-state index in [1.807, 2.05) is 30.3 Å². The van der Waals surface area contributed by atoms with Crippen molar-refractivity contribution in [3.63, 3.8) is 0 Å². The van der Waals surface area contributed by atoms with E-state index in [1.165, 1.54) is 12.8 Å². The van der Waals surface area contributed by atoms with Crippen molar-refractivity contribution in [1.82, 2.24) is 4.90 Å². The van der Waals surface area contributed by atoms with E-state index in [-0.39, 0.29) is 11.6 Å². The summed E-state index contributed by atoms with van der Waals surface area (Å²) >= 11 is 0. The molecule has 0 aromatic heterocycles. The standard InChI is InChI=1S/C24H27NO4/c1-28-20-9-10-21-18(16-20)6-11-22(26)23(21)24(27)17-4-7-19(8-5-17)29-15-14-25-12-2-3-13-25/h4-5,7-10,16,23H,2-3,6,11-15H2,1H3. The second kappa shape index (κ2) is 8.78. The number of ether oxygens (including phenoxy) is 2. The van der Waals surface area contributed by atoms with Gasteiger partial charge in [0.1, 0.15) is 29.8 Å². The molecular formula is C24H27NO4. The Labute approximate surface area is 171 Å². The van der Waals surface area contributed by atoms with Crippen molar-refractivity contribution in [1.29, 1.82) is 0 Å². The maximum absolute atomic E-state index is 13.1. The van der Waals surface area contributed by atoms with Crippen molar-refractivity contribution in [2.24, 2.45) is 0 Å². The largest absolute Gasteiger partial charge is 0.497 e. The molecular weight excluding hydrogens is 366 g/mol. The van der Waals surface area contributed by atoms with Crippen LogP contribution in [0.3, 0.4) is 0 Å². The number of hydrogen-bond acceptors (Lipinski definition) is 5. The van der Waals surface area contributed by atoms with Gasteiger partial charge in [-0.3, -0.25) is 14.5 Å². The molecule has 1 saturated heterocycles. The van der Waals surface area contributed by atoms with Crippen LogP contribution in [0.15, 0.2) is 42.5 Å². The number of nitrogens with zero attached hydrogens (tertiary/aromatic N) is 1. The van der Waals surface area contributed by atoms with Gasteiger partial charge in [0.2, 0.25) is 0 Å². The molecule has 1 aliphatic heterocycles. The number of methoxy groups -OCH3 is 1. The van der Waals surface area contributed by atoms with Gasteiger partial charge in [-0.1, -0.05) is 6.07 Å². The Hall–Kier alpha value is -2.66. The van der Waals surface area contributed by atoms with Crippen LogP contribution < -0.4 is 9.47 Å². The molecule has 1 heterocycles. The lowest BCUT2D eigenvalue weighted by Crippen LogP contribution is -2.27. The molecule has 0 bridgehead atoms. The summed E-state index contributed by atoms with van der Waals surface area (Å²) in [5, 5.41) is 0. The Balaban J connectivity index is 1.44. The second-order valence-electron chi connectivity index (χ2n) is 7.75. The predicted octanol–water partition coefficient (Wildman–Crippen LogP) is 3.65. The van der Waals surface area contributed by atoms with Gasteiger partial charge in [0.05, 0.1) is 7.11 Å². The number of ketones is 2. The summed E-state index contributed by atoms with van der Waals surface area (Å²) in [6, 6.07) is 12.8. The third-order valence-corrected chi connectivity index (χ3v) is 5.90. The normalized spacial score (nSPS) is 19.1. The highest BCUT2D eigenvalue weighted by molar-refractivity contribution is 6.15. The van der Waals surface area contributed by atoms with Gasteiger partial charge in [-0.15, -0.1) is 0 Å². The van der Waals surface area contributed by atoms with E-state index < -0.39 is 5.92 Å². The van der Waals surface area contributed by atoms with Crippen molar-refractivity contribution in [2.75, 3.05) is 33.4 Å². The maximum atomic E-state index is 13.1. The Morgan fingerprint density at radius 2 is 1.76 bits per heavy atom. The Morgan fingerprint density at radius 1 is 1.03 bits per heavy atom. The van der Waals surface area contributed by atoms with Crippen LogP contribution in [0.2, 0.25) is 0 Å². The zero-order valence-corrected chi connectivity index (χ0v) is 16.9. The van der Waals surface area contributed by atoms with Gasteiger partial charge in [0.15, 0.2) is 5.78 Å². The van der Waals surface area contributed by atoms with Gasteiger partial charge in [-0.2, -0.15) is 0 Å². The van der Waals surface area contributed by atoms with E-state index in [4.69, 9.17) is 9.47 Å². The molecule has 4 rings (SSSR count). The summed E-state index contributed by atoms with van der Waals surface area (Å²) in [6.45, 7) is 3.88. The average Bonchev–Trinajstić information content (AvgIpc) is 3.27. The van der Waals surface area contributed by atoms with Crippen LogP contribution in [-0.2, 0) is 11.2 Å². The zero-order chi connectivity index (χ0) is 20.2. The Kier molecular flexibility index (Phi) is 5.95. The highest BCUT2D eigenvalue weighted by atomic mass is 16.5. The van der Waals surface area contributed by atoms with E-state index in [2.05, 4.69) is 4.90 Å². The number of aryl methyl sites for hydroxylation is 1. The van der Waals surface area contributed by atoms with Gasteiger partial charge in [-0.25, -0.2) is 0 Å². The lowest BCUT2D eigenvalue weighted by molar-refractivity contribution is -0.119. The van der Waals surface area contributed by atoms with E-state index in [0.717, 1.165) is 42.3 Å². The smallest absolute Gasteiger partial charge is 0.177 e. The van der Waals surface area contributed by atoms with Crippen LogP contribution in [0.1, 0.15) is 46.7 Å². The molecule has 2 aromatic rings. The zero-order valence-electron chi connectivity index (χ0n) is 16.9. The van der Waals surface area contributed by atoms with E-state index in [9.17, 15) is 9.59 Å². The maximum Gasteiger partial charge on any atom is 0.177 e. The highest BCUT2D eigenvalue weighted by Crippen LogP contribution is 2.34. The Morgan fingerprint density at radius 3 is 2.48 bits per heavy atom. The minimum absolute atomic E-state index is 0.0152. The summed E-state index contributed by atoms with van der Waals surface area (Å²) in [4.78, 5) is 28.1. The number of likely N-dealkylation sites (tertiary alicyclic amines) is 1. The van der Waals surface area contributed by atoms with Crippen LogP contribution in [0, 0.1) is 0 Å². The predicted molar refractivity (Wildman–Crippen MR) is 111 cm³/mol. The molecule has 1 unspecified atom stereocenters. The number of fused-ring (bicyclic) bond motifs is 1. The molecule has 1 aliphatic carbocycles. The number of rotatable bonds is 7. The fourth-order valence-electron chi connectivity index (χ4n) is 4.25. The summed E-state index contributed by atoms with van der Waals surface area (Å²) in [6.07, 6.45) is 3.58. The molecule has 2 aromatic carbocycles. The van der Waals surface area contributed by atoms with Gasteiger partial charge in [0.25, 0.3) is 0 Å². The molecule has 0 saturated carbocycles. The van der Waals surface area contributed by atoms with E-state index >= 15 is 0 Å². The first kappa shape index (κ1) is 19.6. The van der Waals surface area contributed by atoms with Crippen LogP contribution in [0.5, 0.6) is 11.5 Å². The quantitative estimate of drug-likeness (QED) is 0.531. The Bertz CT molecular complexity index is 884. The molecule has 29 heavy (non-hydrogen) atoms. The molecule has 5 nitrogen and oxygen atoms in total. The number of benzene rings is 2. The van der Waals surface area contributed by atoms with Crippen molar-refractivity contribution < 1.29 is 19.1 Å². The number of Topliss-reactive ketones (excluding diaryl/α,β-unsaturated/α-hetero) is 2. The molecule has 5 heteroatoms. The summed E-state index contributed by atoms with van der Waals surface area (Å²) < 4.78 is 11.1. The van der Waals surface area contributed by atoms with Crippen molar-refractivity contribution in [3.05, 3.63) is 59.2 Å². The van der Waals surface area contributed by atoms with E-state index in [0.29, 0.717) is 25.0 Å². The van der Waals surface area contributed by atoms with Gasteiger partial charge in [0, 0.05) is 18.5 Å². The fourth-order valence-corrected chi connectivity index (χ4v) is 4.25. The second-order valence-corrected chi connectivity index (χ2v) is 7.75. The van der Waals surface area contributed by atoms with Crippen LogP contribution in [-0.4, -0.2) is 49.8 Å². The van der Waals surface area contributed by atoms with Crippen molar-refractivity contribution in [3.8, 4) is 11.5 Å². The van der Waals surface area contributed by atoms with E-state index in [1.54, 1.807) is 19.2 Å². The molecule has 0 N–H and O–H groups in total. The molecule has 0 spiro atoms. The summed E-state index contributed by atoms with van der Waals surface area (Å²) in [5.74, 6) is 0.607. The molecule has 2 aliphatic rings. The molecule has 0 radical (unpaired) electrons. The van der Waals surface area contributed by atoms with Gasteiger partial charge >= 0.3 is 0 Å². The van der Waals surface area contributed by atoms with Gasteiger partial charge in [-0.05, 0) is 79.9 Å². The number of hydrogen-bond donors (Lipinski definition) is 0. The van der Waals surface area contributed by atoms with Crippen LogP contribution in [0.25, 0.3) is 0 Å². The monoisotopic (exact) mass is 393 g/mol. The lowest BCUT2D eigenvalue weighted by atomic mass is 9.78. The number of carbonyl (C=O) groups is 2. The topological polar surface area (TPSA) is 55.8 Å². The SMILES string of the molecule is COc1ccc2c(c1)CCC(=O)C2C(=O)c1ccc(OCCN2CCCC2)cc1. The van der Waals surface area contributed by atoms with Crippen LogP contribution >= 0.6 is 0 Å². The molecule has 152 valence electrons. The van der Waals surface area contributed by atoms with Crippen LogP contribution in [0.4, 0.5) is 0 Å². The van der Waals surface area contributed by atoms with Crippen molar-refractivity contribution >= 4 is 11.6 Å². The first-order chi connectivity index (χ1) is 14.2. The molecule has 0 amide bonds. The molecule has 1 atom stereocenters. The first-order valence-electron chi connectivity index (χ1n) is 10.3. The number of carbonyl (C=O) groups excluding carboxylic acids is 2. The average molecular weight is 393 g/mol.